The molecule has 2 saturated carbocycles. The van der Waals surface area contributed by atoms with Gasteiger partial charge in [-0.1, -0.05) is 125 Å². The van der Waals surface area contributed by atoms with Crippen LogP contribution in [0.5, 0.6) is 0 Å². The van der Waals surface area contributed by atoms with E-state index in [9.17, 15) is 10.8 Å². The van der Waals surface area contributed by atoms with Crippen molar-refractivity contribution >= 4 is 25.8 Å². The van der Waals surface area contributed by atoms with Crippen LogP contribution < -0.4 is 10.4 Å². The first-order chi connectivity index (χ1) is 21.4. The third-order valence-corrected chi connectivity index (χ3v) is 15.4. The molecular weight excluding hydrogens is 563 g/mol. The van der Waals surface area contributed by atoms with Crippen LogP contribution >= 0.6 is 0 Å². The van der Waals surface area contributed by atoms with E-state index in [1.807, 2.05) is 12.1 Å². The van der Waals surface area contributed by atoms with Crippen molar-refractivity contribution < 1.29 is 13.7 Å². The largest absolute Gasteiger partial charge is 0.462 e. The standard InChI is InChI=1S/C35H49BN4O3Si/c1-35(2,3)44(29-20-12-6-13-21-29,30-22-14-7-15-23-30)41-26-32(39-40-38)31(24-25-37)36-42-33(27-16-8-4-9-17-27)34(43-36)28-18-10-5-11-19-28/h6-7,12-15,20-23,27-28,31-34H,4-5,8-11,16-19,24,26H2,1-3H3/t31-,32-,33+,34+/m1/s1. The molecule has 0 amide bonds. The maximum absolute atomic E-state index is 10.0. The van der Waals surface area contributed by atoms with Gasteiger partial charge in [-0.3, -0.25) is 0 Å². The molecule has 0 unspecified atom stereocenters. The summed E-state index contributed by atoms with van der Waals surface area (Å²) in [5.41, 5.74) is 9.78. The normalized spacial score (nSPS) is 23.5. The Morgan fingerprint density at radius 3 is 1.77 bits per heavy atom. The van der Waals surface area contributed by atoms with E-state index in [-0.39, 0.29) is 30.3 Å². The first-order valence-electron chi connectivity index (χ1n) is 16.9. The Labute approximate surface area is 265 Å². The molecule has 0 N–H and O–H groups in total. The maximum Gasteiger partial charge on any atom is 0.462 e. The van der Waals surface area contributed by atoms with E-state index in [4.69, 9.17) is 13.7 Å². The summed E-state index contributed by atoms with van der Waals surface area (Å²) in [5.74, 6) is 0.540. The molecule has 1 aliphatic heterocycles. The Kier molecular flexibility index (Phi) is 11.3. The quantitative estimate of drug-likeness (QED) is 0.111. The van der Waals surface area contributed by atoms with E-state index in [2.05, 4.69) is 85.4 Å². The average molecular weight is 613 g/mol. The van der Waals surface area contributed by atoms with Crippen molar-refractivity contribution in [3.8, 4) is 6.07 Å². The summed E-state index contributed by atoms with van der Waals surface area (Å²) in [7, 11) is -3.47. The van der Waals surface area contributed by atoms with Gasteiger partial charge in [0.1, 0.15) is 0 Å². The molecule has 3 fully saturated rings. The van der Waals surface area contributed by atoms with Crippen LogP contribution in [0.1, 0.15) is 91.4 Å². The molecule has 234 valence electrons. The van der Waals surface area contributed by atoms with Gasteiger partial charge < -0.3 is 13.7 Å². The van der Waals surface area contributed by atoms with Crippen LogP contribution in [0, 0.1) is 23.2 Å². The van der Waals surface area contributed by atoms with Gasteiger partial charge >= 0.3 is 7.12 Å². The fourth-order valence-electron chi connectivity index (χ4n) is 8.18. The minimum absolute atomic E-state index is 0.0360. The molecule has 7 nitrogen and oxygen atoms in total. The van der Waals surface area contributed by atoms with E-state index in [0.717, 1.165) is 0 Å². The summed E-state index contributed by atoms with van der Waals surface area (Å²) in [6.45, 7) is 6.90. The van der Waals surface area contributed by atoms with Gasteiger partial charge in [0.25, 0.3) is 8.32 Å². The maximum atomic E-state index is 10.0. The molecular formula is C35H49BN4O3Si. The summed E-state index contributed by atoms with van der Waals surface area (Å²) in [5, 5.41) is 16.4. The second-order valence-corrected chi connectivity index (χ2v) is 18.4. The number of azide groups is 1. The first kappa shape index (κ1) is 32.8. The van der Waals surface area contributed by atoms with Crippen molar-refractivity contribution in [2.24, 2.45) is 17.0 Å². The van der Waals surface area contributed by atoms with Crippen LogP contribution in [0.4, 0.5) is 0 Å². The zero-order chi connectivity index (χ0) is 31.0. The highest BCUT2D eigenvalue weighted by atomic mass is 28.4. The molecule has 2 aromatic rings. The zero-order valence-electron chi connectivity index (χ0n) is 26.8. The number of rotatable bonds is 11. The average Bonchev–Trinajstić information content (AvgIpc) is 3.50. The van der Waals surface area contributed by atoms with Gasteiger partial charge in [0.2, 0.25) is 0 Å². The molecule has 1 saturated heterocycles. The Bertz CT molecular complexity index is 1200. The Hall–Kier alpha value is -2.60. The molecule has 0 bridgehead atoms. The minimum Gasteiger partial charge on any atom is -0.407 e. The second kappa shape index (κ2) is 15.1. The molecule has 9 heteroatoms. The predicted molar refractivity (Wildman–Crippen MR) is 179 cm³/mol. The third kappa shape index (κ3) is 7.11. The van der Waals surface area contributed by atoms with Gasteiger partial charge in [0.15, 0.2) is 0 Å². The molecule has 5 rings (SSSR count). The van der Waals surface area contributed by atoms with E-state index in [1.165, 1.54) is 74.6 Å². The summed E-state index contributed by atoms with van der Waals surface area (Å²) >= 11 is 0. The predicted octanol–water partition coefficient (Wildman–Crippen LogP) is 7.96. The van der Waals surface area contributed by atoms with E-state index < -0.39 is 27.3 Å². The van der Waals surface area contributed by atoms with Crippen LogP contribution in [0.2, 0.25) is 10.9 Å². The molecule has 1 heterocycles. The molecule has 44 heavy (non-hydrogen) atoms. The Morgan fingerprint density at radius 1 is 0.886 bits per heavy atom. The summed E-state index contributed by atoms with van der Waals surface area (Å²) in [4.78, 5) is 3.28. The number of hydrogen-bond donors (Lipinski definition) is 0. The lowest BCUT2D eigenvalue weighted by atomic mass is 9.66. The van der Waals surface area contributed by atoms with Gasteiger partial charge in [0.05, 0.1) is 24.3 Å². The third-order valence-electron chi connectivity index (χ3n) is 10.4. The van der Waals surface area contributed by atoms with Crippen molar-refractivity contribution in [1.29, 1.82) is 5.26 Å². The fraction of sp³-hybridized carbons (Fsp3) is 0.629. The highest BCUT2D eigenvalue weighted by Gasteiger charge is 2.53. The molecule has 2 aliphatic carbocycles. The Morgan fingerprint density at radius 2 is 1.36 bits per heavy atom. The van der Waals surface area contributed by atoms with Gasteiger partial charge in [-0.2, -0.15) is 5.26 Å². The molecule has 3 aliphatic rings. The highest BCUT2D eigenvalue weighted by molar-refractivity contribution is 6.99. The lowest BCUT2D eigenvalue weighted by Gasteiger charge is -2.44. The number of nitriles is 1. The number of hydrogen-bond acceptors (Lipinski definition) is 5. The molecule has 0 radical (unpaired) electrons. The van der Waals surface area contributed by atoms with Crippen molar-refractivity contribution in [3.63, 3.8) is 0 Å². The van der Waals surface area contributed by atoms with Crippen molar-refractivity contribution in [1.82, 2.24) is 0 Å². The SMILES string of the molecule is CC(C)(C)[Si](OC[C@@H](N=[N+]=[N-])[C@@H](CC#N)B1O[C@@H](C2CCCCC2)[C@H](C2CCCCC2)O1)(c1ccccc1)c1ccccc1. The van der Waals surface area contributed by atoms with Gasteiger partial charge in [0, 0.05) is 23.8 Å². The van der Waals surface area contributed by atoms with Crippen molar-refractivity contribution in [3.05, 3.63) is 71.1 Å². The van der Waals surface area contributed by atoms with E-state index >= 15 is 0 Å². The number of nitrogens with zero attached hydrogens (tertiary/aromatic N) is 4. The lowest BCUT2D eigenvalue weighted by Crippen LogP contribution is -2.67. The fourth-order valence-corrected chi connectivity index (χ4v) is 12.8. The van der Waals surface area contributed by atoms with Crippen LogP contribution in [0.3, 0.4) is 0 Å². The van der Waals surface area contributed by atoms with Gasteiger partial charge in [-0.25, -0.2) is 0 Å². The molecule has 4 atom stereocenters. The smallest absolute Gasteiger partial charge is 0.407 e. The van der Waals surface area contributed by atoms with E-state index in [1.54, 1.807) is 0 Å². The highest BCUT2D eigenvalue weighted by Crippen LogP contribution is 2.44. The van der Waals surface area contributed by atoms with Crippen LogP contribution in [0.25, 0.3) is 10.4 Å². The van der Waals surface area contributed by atoms with E-state index in [0.29, 0.717) is 11.8 Å². The topological polar surface area (TPSA) is 100 Å². The summed E-state index contributed by atoms with van der Waals surface area (Å²) in [6, 6.07) is 22.7. The Balaban J connectivity index is 1.46. The lowest BCUT2D eigenvalue weighted by molar-refractivity contribution is 0.0324. The molecule has 0 spiro atoms. The zero-order valence-corrected chi connectivity index (χ0v) is 27.8. The summed E-state index contributed by atoms with van der Waals surface area (Å²) in [6.07, 6.45) is 12.5. The van der Waals surface area contributed by atoms with Crippen LogP contribution in [-0.2, 0) is 13.7 Å². The van der Waals surface area contributed by atoms with Crippen LogP contribution in [-0.4, -0.2) is 40.3 Å². The van der Waals surface area contributed by atoms with Crippen molar-refractivity contribution in [2.75, 3.05) is 6.61 Å². The van der Waals surface area contributed by atoms with Crippen LogP contribution in [0.15, 0.2) is 65.8 Å². The number of benzene rings is 2. The second-order valence-electron chi connectivity index (χ2n) is 14.1. The first-order valence-corrected chi connectivity index (χ1v) is 18.8. The van der Waals surface area contributed by atoms with Gasteiger partial charge in [-0.05, 0) is 58.5 Å². The summed E-state index contributed by atoms with van der Waals surface area (Å²) < 4.78 is 21.0. The van der Waals surface area contributed by atoms with Crippen molar-refractivity contribution in [2.45, 2.75) is 121 Å². The van der Waals surface area contributed by atoms with Gasteiger partial charge in [-0.15, -0.1) is 0 Å². The minimum atomic E-state index is -2.88. The monoisotopic (exact) mass is 612 g/mol. The molecule has 0 aromatic heterocycles. The molecule has 2 aromatic carbocycles.